The van der Waals surface area contributed by atoms with E-state index in [9.17, 15) is 19.7 Å². The molecule has 1 aromatic heterocycles. The maximum atomic E-state index is 11.7. The first-order valence-electron chi connectivity index (χ1n) is 6.57. The molecule has 0 radical (unpaired) electrons. The van der Waals surface area contributed by atoms with Crippen LogP contribution in [0.15, 0.2) is 48.2 Å². The average molecular weight is 325 g/mol. The lowest BCUT2D eigenvalue weighted by Crippen LogP contribution is -2.35. The summed E-state index contributed by atoms with van der Waals surface area (Å²) in [6, 6.07) is 9.68. The van der Waals surface area contributed by atoms with E-state index in [0.717, 1.165) is 0 Å². The minimum Gasteiger partial charge on any atom is -0.351 e. The van der Waals surface area contributed by atoms with Crippen molar-refractivity contribution in [3.8, 4) is 11.8 Å². The number of rotatable bonds is 4. The number of non-ortho nitro benzene ring substituents is 1. The van der Waals surface area contributed by atoms with Crippen LogP contribution in [0.2, 0.25) is 0 Å². The molecule has 0 aliphatic heterocycles. The van der Waals surface area contributed by atoms with Gasteiger partial charge in [-0.05, 0) is 30.3 Å². The van der Waals surface area contributed by atoms with Crippen LogP contribution in [0.3, 0.4) is 0 Å². The normalized spacial score (nSPS) is 10.7. The van der Waals surface area contributed by atoms with Gasteiger partial charge in [-0.2, -0.15) is 5.26 Å². The third-order valence-corrected chi connectivity index (χ3v) is 3.01. The molecule has 1 aromatic carbocycles. The number of primary amides is 1. The highest BCUT2D eigenvalue weighted by molar-refractivity contribution is 6.08. The minimum absolute atomic E-state index is 0.0541. The fourth-order valence-corrected chi connectivity index (χ4v) is 1.96. The van der Waals surface area contributed by atoms with Crippen LogP contribution in [-0.4, -0.2) is 21.4 Å². The van der Waals surface area contributed by atoms with Gasteiger partial charge < -0.3 is 10.3 Å². The highest BCUT2D eigenvalue weighted by atomic mass is 16.6. The minimum atomic E-state index is -1.06. The van der Waals surface area contributed by atoms with Gasteiger partial charge in [0.15, 0.2) is 0 Å². The summed E-state index contributed by atoms with van der Waals surface area (Å²) in [6.45, 7) is 0. The van der Waals surface area contributed by atoms with Crippen LogP contribution in [0.1, 0.15) is 5.69 Å². The average Bonchev–Trinajstić information content (AvgIpc) is 3.00. The SMILES string of the molecule is N#C/C(=C/c1cccn1-c1ccc([N+](=O)[O-])cc1)C(=O)NC(N)=O. The van der Waals surface area contributed by atoms with Gasteiger partial charge in [-0.3, -0.25) is 20.2 Å². The summed E-state index contributed by atoms with van der Waals surface area (Å²) in [5, 5.41) is 21.5. The zero-order valence-electron chi connectivity index (χ0n) is 12.2. The maximum Gasteiger partial charge on any atom is 0.319 e. The van der Waals surface area contributed by atoms with Gasteiger partial charge in [-0.1, -0.05) is 0 Å². The molecule has 3 N–H and O–H groups in total. The van der Waals surface area contributed by atoms with Crippen LogP contribution in [0, 0.1) is 21.4 Å². The second kappa shape index (κ2) is 6.89. The molecule has 3 amide bonds. The second-order valence-electron chi connectivity index (χ2n) is 4.56. The number of nitrogens with two attached hydrogens (primary N) is 1. The first kappa shape index (κ1) is 16.4. The van der Waals surface area contributed by atoms with Crippen LogP contribution >= 0.6 is 0 Å². The number of aromatic nitrogens is 1. The van der Waals surface area contributed by atoms with Crippen molar-refractivity contribution >= 4 is 23.7 Å². The summed E-state index contributed by atoms with van der Waals surface area (Å²) in [5.74, 6) is -0.915. The van der Waals surface area contributed by atoms with Gasteiger partial charge in [0.2, 0.25) is 0 Å². The standard InChI is InChI=1S/C15H11N5O4/c16-9-10(14(21)18-15(17)22)8-13-2-1-7-19(13)11-3-5-12(6-4-11)20(23)24/h1-8H,(H3,17,18,21,22)/b10-8-. The lowest BCUT2D eigenvalue weighted by atomic mass is 10.2. The molecule has 0 unspecified atom stereocenters. The molecule has 24 heavy (non-hydrogen) atoms. The number of nitrogens with zero attached hydrogens (tertiary/aromatic N) is 3. The summed E-state index contributed by atoms with van der Waals surface area (Å²) < 4.78 is 1.62. The monoisotopic (exact) mass is 325 g/mol. The Morgan fingerprint density at radius 1 is 1.29 bits per heavy atom. The zero-order valence-corrected chi connectivity index (χ0v) is 12.2. The number of nitro benzene ring substituents is 1. The molecule has 0 bridgehead atoms. The molecular weight excluding hydrogens is 314 g/mol. The predicted octanol–water partition coefficient (Wildman–Crippen LogP) is 1.49. The van der Waals surface area contributed by atoms with E-state index in [0.29, 0.717) is 11.4 Å². The Balaban J connectivity index is 2.37. The Morgan fingerprint density at radius 2 is 1.96 bits per heavy atom. The number of amides is 3. The van der Waals surface area contributed by atoms with E-state index in [4.69, 9.17) is 11.0 Å². The largest absolute Gasteiger partial charge is 0.351 e. The molecule has 0 aliphatic rings. The fraction of sp³-hybridized carbons (Fsp3) is 0. The van der Waals surface area contributed by atoms with Crippen molar-refractivity contribution in [2.75, 3.05) is 0 Å². The maximum absolute atomic E-state index is 11.7. The number of carbonyl (C=O) groups is 2. The first-order valence-corrected chi connectivity index (χ1v) is 6.57. The number of hydrogen-bond acceptors (Lipinski definition) is 5. The lowest BCUT2D eigenvalue weighted by molar-refractivity contribution is -0.384. The number of benzene rings is 1. The number of nitro groups is 1. The Morgan fingerprint density at radius 3 is 2.50 bits per heavy atom. The number of imide groups is 1. The van der Waals surface area contributed by atoms with Crippen molar-refractivity contribution in [1.82, 2.24) is 9.88 Å². The van der Waals surface area contributed by atoms with E-state index in [1.165, 1.54) is 30.3 Å². The predicted molar refractivity (Wildman–Crippen MR) is 83.7 cm³/mol. The Labute approximate surface area is 135 Å². The van der Waals surface area contributed by atoms with Crippen molar-refractivity contribution < 1.29 is 14.5 Å². The quantitative estimate of drug-likeness (QED) is 0.378. The number of hydrogen-bond donors (Lipinski definition) is 2. The van der Waals surface area contributed by atoms with Gasteiger partial charge in [0, 0.05) is 29.7 Å². The van der Waals surface area contributed by atoms with Crippen molar-refractivity contribution in [2.45, 2.75) is 0 Å². The van der Waals surface area contributed by atoms with Gasteiger partial charge in [-0.15, -0.1) is 0 Å². The molecule has 120 valence electrons. The van der Waals surface area contributed by atoms with E-state index in [-0.39, 0.29) is 11.3 Å². The third-order valence-electron chi connectivity index (χ3n) is 3.01. The van der Waals surface area contributed by atoms with E-state index in [1.807, 2.05) is 5.32 Å². The van der Waals surface area contributed by atoms with E-state index in [1.54, 1.807) is 29.0 Å². The van der Waals surface area contributed by atoms with E-state index >= 15 is 0 Å². The van der Waals surface area contributed by atoms with Crippen molar-refractivity contribution in [2.24, 2.45) is 5.73 Å². The van der Waals surface area contributed by atoms with Gasteiger partial charge in [0.05, 0.1) is 4.92 Å². The molecule has 0 aliphatic carbocycles. The van der Waals surface area contributed by atoms with E-state index in [2.05, 4.69) is 0 Å². The van der Waals surface area contributed by atoms with Crippen LogP contribution in [0.4, 0.5) is 10.5 Å². The summed E-state index contributed by atoms with van der Waals surface area (Å²) in [6.07, 6.45) is 2.94. The summed E-state index contributed by atoms with van der Waals surface area (Å²) in [5.41, 5.74) is 5.56. The van der Waals surface area contributed by atoms with Crippen LogP contribution < -0.4 is 11.1 Å². The summed E-state index contributed by atoms with van der Waals surface area (Å²) >= 11 is 0. The molecular formula is C15H11N5O4. The zero-order chi connectivity index (χ0) is 17.7. The highest BCUT2D eigenvalue weighted by Crippen LogP contribution is 2.19. The van der Waals surface area contributed by atoms with Crippen LogP contribution in [0.25, 0.3) is 11.8 Å². The first-order chi connectivity index (χ1) is 11.4. The number of carbonyl (C=O) groups excluding carboxylic acids is 2. The number of nitrogens with one attached hydrogen (secondary N) is 1. The molecule has 1 heterocycles. The Kier molecular flexibility index (Phi) is 4.72. The Bertz CT molecular complexity index is 874. The van der Waals surface area contributed by atoms with Gasteiger partial charge in [0.1, 0.15) is 11.6 Å². The molecule has 0 fully saturated rings. The van der Waals surface area contributed by atoms with Gasteiger partial charge in [0.25, 0.3) is 11.6 Å². The van der Waals surface area contributed by atoms with Crippen molar-refractivity contribution in [1.29, 1.82) is 5.26 Å². The van der Waals surface area contributed by atoms with Crippen molar-refractivity contribution in [3.63, 3.8) is 0 Å². The highest BCUT2D eigenvalue weighted by Gasteiger charge is 2.13. The molecule has 0 saturated heterocycles. The molecule has 2 aromatic rings. The van der Waals surface area contributed by atoms with Crippen LogP contribution in [-0.2, 0) is 4.79 Å². The second-order valence-corrected chi connectivity index (χ2v) is 4.56. The number of urea groups is 1. The molecule has 0 spiro atoms. The molecule has 0 saturated carbocycles. The topological polar surface area (TPSA) is 144 Å². The smallest absolute Gasteiger partial charge is 0.319 e. The molecule has 9 nitrogen and oxygen atoms in total. The molecule has 9 heteroatoms. The van der Waals surface area contributed by atoms with Crippen LogP contribution in [0.5, 0.6) is 0 Å². The number of nitriles is 1. The van der Waals surface area contributed by atoms with Gasteiger partial charge >= 0.3 is 6.03 Å². The summed E-state index contributed by atoms with van der Waals surface area (Å²) in [4.78, 5) is 32.6. The van der Waals surface area contributed by atoms with Gasteiger partial charge in [-0.25, -0.2) is 4.79 Å². The Hall–Kier alpha value is -3.93. The molecule has 0 atom stereocenters. The van der Waals surface area contributed by atoms with Crippen molar-refractivity contribution in [3.05, 3.63) is 64.0 Å². The molecule has 2 rings (SSSR count). The lowest BCUT2D eigenvalue weighted by Gasteiger charge is -2.07. The fourth-order valence-electron chi connectivity index (χ4n) is 1.96. The van der Waals surface area contributed by atoms with E-state index < -0.39 is 16.9 Å². The summed E-state index contributed by atoms with van der Waals surface area (Å²) in [7, 11) is 0. The third kappa shape index (κ3) is 3.63.